The first-order valence-corrected chi connectivity index (χ1v) is 15.4. The fraction of sp³-hybridized carbons (Fsp3) is 0.167. The summed E-state index contributed by atoms with van der Waals surface area (Å²) < 4.78 is 2.87. The van der Waals surface area contributed by atoms with E-state index < -0.39 is 6.70 Å². The van der Waals surface area contributed by atoms with Gasteiger partial charge in [-0.15, -0.1) is 45.3 Å². The zero-order chi connectivity index (χ0) is 20.7. The third-order valence-electron chi connectivity index (χ3n) is 5.67. The molecule has 1 atom stereocenters. The Balaban J connectivity index is 1.73. The fourth-order valence-corrected chi connectivity index (χ4v) is 13.0. The van der Waals surface area contributed by atoms with Crippen LogP contribution >= 0.6 is 52.0 Å². The highest BCUT2D eigenvalue weighted by Crippen LogP contribution is 2.55. The number of hydrogen-bond acceptors (Lipinski definition) is 5. The van der Waals surface area contributed by atoms with Crippen LogP contribution in [0.15, 0.2) is 36.4 Å². The lowest BCUT2D eigenvalue weighted by Crippen LogP contribution is -1.96. The van der Waals surface area contributed by atoms with Gasteiger partial charge in [-0.1, -0.05) is 12.1 Å². The molecule has 1 unspecified atom stereocenters. The number of aryl methyl sites for hydroxylation is 4. The van der Waals surface area contributed by atoms with Crippen LogP contribution in [0, 0.1) is 27.7 Å². The molecule has 0 saturated heterocycles. The highest BCUT2D eigenvalue weighted by Gasteiger charge is 2.41. The van der Waals surface area contributed by atoms with Gasteiger partial charge in [0.15, 0.2) is 17.1 Å². The maximum atomic E-state index is 6.12. The van der Waals surface area contributed by atoms with Crippen molar-refractivity contribution in [3.05, 3.63) is 55.9 Å². The molecule has 4 aromatic heterocycles. The van der Waals surface area contributed by atoms with Gasteiger partial charge in [-0.25, -0.2) is 0 Å². The van der Waals surface area contributed by atoms with Crippen LogP contribution < -0.4 is 10.6 Å². The van der Waals surface area contributed by atoms with Gasteiger partial charge in [0.25, 0.3) is 6.70 Å². The van der Waals surface area contributed by atoms with Crippen LogP contribution in [-0.4, -0.2) is 0 Å². The Hall–Kier alpha value is -1.20. The largest absolute Gasteiger partial charge is 0.254 e. The van der Waals surface area contributed by atoms with Crippen molar-refractivity contribution in [2.75, 3.05) is 0 Å². The molecule has 0 N–H and O–H groups in total. The van der Waals surface area contributed by atoms with Gasteiger partial charge in [0.05, 0.1) is 14.3 Å². The van der Waals surface area contributed by atoms with E-state index in [0.29, 0.717) is 0 Å². The molecule has 0 saturated carbocycles. The molecule has 0 bridgehead atoms. The molecule has 1 aromatic carbocycles. The van der Waals surface area contributed by atoms with Gasteiger partial charge in [0, 0.05) is 41.1 Å². The number of benzene rings is 1. The van der Waals surface area contributed by atoms with Crippen molar-refractivity contribution in [2.24, 2.45) is 0 Å². The summed E-state index contributed by atoms with van der Waals surface area (Å²) in [5.74, 6) is 0. The smallest absolute Gasteiger partial charge is 0.145 e. The number of hydrogen-bond donors (Lipinski definition) is 0. The summed E-state index contributed by atoms with van der Waals surface area (Å²) in [6, 6.07) is 13.5. The molecule has 0 nitrogen and oxygen atoms in total. The van der Waals surface area contributed by atoms with Crippen molar-refractivity contribution in [2.45, 2.75) is 27.7 Å². The van der Waals surface area contributed by atoms with Gasteiger partial charge in [-0.3, -0.25) is 0 Å². The molecule has 5 heterocycles. The van der Waals surface area contributed by atoms with E-state index in [4.69, 9.17) is 11.8 Å². The van der Waals surface area contributed by atoms with Gasteiger partial charge in [0.1, 0.15) is 0 Å². The Kier molecular flexibility index (Phi) is 4.48. The summed E-state index contributed by atoms with van der Waals surface area (Å²) in [6.45, 7) is 8.27. The molecule has 30 heavy (non-hydrogen) atoms. The molecule has 148 valence electrons. The second-order valence-electron chi connectivity index (χ2n) is 7.71. The first kappa shape index (κ1) is 19.5. The van der Waals surface area contributed by atoms with E-state index in [0.717, 1.165) is 0 Å². The van der Waals surface area contributed by atoms with E-state index in [-0.39, 0.29) is 0 Å². The fourth-order valence-electron chi connectivity index (χ4n) is 4.42. The zero-order valence-electron chi connectivity index (χ0n) is 17.0. The molecule has 0 aliphatic carbocycles. The Labute approximate surface area is 198 Å². The molecule has 0 spiro atoms. The van der Waals surface area contributed by atoms with Crippen molar-refractivity contribution in [1.29, 1.82) is 0 Å². The minimum Gasteiger partial charge on any atom is -0.145 e. The highest BCUT2D eigenvalue weighted by atomic mass is 32.4. The van der Waals surface area contributed by atoms with E-state index in [2.05, 4.69) is 64.1 Å². The third kappa shape index (κ3) is 2.67. The zero-order valence-corrected chi connectivity index (χ0v) is 21.9. The number of thiophene rings is 4. The topological polar surface area (TPSA) is 0 Å². The maximum Gasteiger partial charge on any atom is 0.254 e. The average Bonchev–Trinajstić information content (AvgIpc) is 3.46. The van der Waals surface area contributed by atoms with E-state index in [1.165, 1.54) is 71.5 Å². The molecule has 0 fully saturated rings. The van der Waals surface area contributed by atoms with Crippen molar-refractivity contribution in [1.82, 2.24) is 0 Å². The predicted molar refractivity (Wildman–Crippen MR) is 144 cm³/mol. The molecule has 1 aliphatic rings. The Morgan fingerprint density at radius 1 is 0.700 bits per heavy atom. The SMILES string of the molecule is Cc1cc(-c2sc3c4c(sc3c2-c2cc(C)sc2C)-c2ccccc2[P+]4=S)c(C)s1. The lowest BCUT2D eigenvalue weighted by molar-refractivity contribution is 1.58. The van der Waals surface area contributed by atoms with Gasteiger partial charge in [-0.2, -0.15) is 0 Å². The van der Waals surface area contributed by atoms with Crippen LogP contribution in [-0.2, 0) is 11.8 Å². The normalized spacial score (nSPS) is 13.9. The van der Waals surface area contributed by atoms with Crippen LogP contribution in [0.25, 0.3) is 41.4 Å². The number of fused-ring (bicyclic) bond motifs is 5. The average molecular weight is 498 g/mol. The van der Waals surface area contributed by atoms with E-state index >= 15 is 0 Å². The first-order valence-electron chi connectivity index (χ1n) is 9.74. The minimum atomic E-state index is -0.692. The lowest BCUT2D eigenvalue weighted by atomic mass is 10.0. The molecule has 0 amide bonds. The molecular weight excluding hydrogens is 480 g/mol. The highest BCUT2D eigenvalue weighted by molar-refractivity contribution is 8.13. The summed E-state index contributed by atoms with van der Waals surface area (Å²) in [5, 5.41) is 2.81. The molecule has 0 radical (unpaired) electrons. The van der Waals surface area contributed by atoms with Crippen LogP contribution in [0.3, 0.4) is 0 Å². The quantitative estimate of drug-likeness (QED) is 0.216. The predicted octanol–water partition coefficient (Wildman–Crippen LogP) is 8.53. The molecule has 6 heteroatoms. The van der Waals surface area contributed by atoms with Gasteiger partial charge < -0.3 is 0 Å². The van der Waals surface area contributed by atoms with Crippen molar-refractivity contribution in [3.63, 3.8) is 0 Å². The monoisotopic (exact) mass is 497 g/mol. The molecule has 5 aromatic rings. The van der Waals surface area contributed by atoms with E-state index in [1.807, 2.05) is 45.3 Å². The third-order valence-corrected chi connectivity index (χ3v) is 13.3. The van der Waals surface area contributed by atoms with Crippen molar-refractivity contribution in [3.8, 4) is 32.0 Å². The summed E-state index contributed by atoms with van der Waals surface area (Å²) in [6.07, 6.45) is 0. The summed E-state index contributed by atoms with van der Waals surface area (Å²) in [7, 11) is 0. The second kappa shape index (κ2) is 6.90. The summed E-state index contributed by atoms with van der Waals surface area (Å²) in [4.78, 5) is 8.43. The van der Waals surface area contributed by atoms with Gasteiger partial charge in [0.2, 0.25) is 5.30 Å². The van der Waals surface area contributed by atoms with Crippen LogP contribution in [0.4, 0.5) is 0 Å². The van der Waals surface area contributed by atoms with E-state index in [1.54, 1.807) is 0 Å². The van der Waals surface area contributed by atoms with Crippen LogP contribution in [0.2, 0.25) is 0 Å². The van der Waals surface area contributed by atoms with Crippen LogP contribution in [0.5, 0.6) is 0 Å². The van der Waals surface area contributed by atoms with Crippen molar-refractivity contribution >= 4 is 83.9 Å². The Morgan fingerprint density at radius 2 is 1.33 bits per heavy atom. The molecule has 1 aliphatic heterocycles. The van der Waals surface area contributed by atoms with Gasteiger partial charge >= 0.3 is 0 Å². The second-order valence-corrected chi connectivity index (χ2v) is 15.3. The first-order chi connectivity index (χ1) is 14.4. The summed E-state index contributed by atoms with van der Waals surface area (Å²) >= 11 is 13.9. The van der Waals surface area contributed by atoms with Crippen LogP contribution in [0.1, 0.15) is 19.5 Å². The lowest BCUT2D eigenvalue weighted by Gasteiger charge is -2.04. The number of rotatable bonds is 2. The summed E-state index contributed by atoms with van der Waals surface area (Å²) in [5.41, 5.74) is 5.62. The van der Waals surface area contributed by atoms with Gasteiger partial charge in [-0.05, 0) is 57.5 Å². The standard InChI is InChI=1S/C24H18PS5/c1-11-9-16(13(3)27-11)19-21(17-10-12(2)28-14(17)4)29-24-20-22(30-23(19)24)15-7-5-6-8-18(15)25(20)26/h5-10H,1-4H3/q+1. The molecular formula is C24H18PS5+. The Bertz CT molecular complexity index is 1500. The minimum absolute atomic E-state index is 0.692. The maximum absolute atomic E-state index is 6.12. The Morgan fingerprint density at radius 3 is 2.00 bits per heavy atom. The molecule has 6 rings (SSSR count). The van der Waals surface area contributed by atoms with Crippen molar-refractivity contribution < 1.29 is 0 Å². The van der Waals surface area contributed by atoms with E-state index in [9.17, 15) is 0 Å².